The molecular formula is C50H39N3Si. The maximum absolute atomic E-state index is 5.19. The van der Waals surface area contributed by atoms with Crippen molar-refractivity contribution in [1.82, 2.24) is 15.0 Å². The van der Waals surface area contributed by atoms with Crippen LogP contribution in [-0.4, -0.2) is 23.0 Å². The molecule has 9 rings (SSSR count). The molecule has 0 fully saturated rings. The highest BCUT2D eigenvalue weighted by atomic mass is 28.3. The van der Waals surface area contributed by atoms with Gasteiger partial charge in [-0.3, -0.25) is 0 Å². The number of hydrogen-bond donors (Lipinski definition) is 0. The predicted octanol–water partition coefficient (Wildman–Crippen LogP) is 12.7. The van der Waals surface area contributed by atoms with Gasteiger partial charge in [-0.15, -0.1) is 0 Å². The molecule has 0 saturated carbocycles. The molecule has 8 aromatic carbocycles. The lowest BCUT2D eigenvalue weighted by atomic mass is 9.91. The van der Waals surface area contributed by atoms with Crippen molar-refractivity contribution in [3.05, 3.63) is 182 Å². The molecule has 54 heavy (non-hydrogen) atoms. The Balaban J connectivity index is 1.17. The number of fused-ring (bicyclic) bond motifs is 3. The van der Waals surface area contributed by atoms with Crippen LogP contribution in [-0.2, 0) is 0 Å². The van der Waals surface area contributed by atoms with Crippen molar-refractivity contribution in [3.63, 3.8) is 0 Å². The van der Waals surface area contributed by atoms with Crippen LogP contribution in [0.15, 0.2) is 182 Å². The molecule has 4 heteroatoms. The Morgan fingerprint density at radius 2 is 0.833 bits per heavy atom. The van der Waals surface area contributed by atoms with Crippen LogP contribution in [0, 0.1) is 0 Å². The second-order valence-corrected chi connectivity index (χ2v) is 20.0. The molecule has 0 aliphatic rings. The van der Waals surface area contributed by atoms with Gasteiger partial charge in [0.05, 0.1) is 8.07 Å². The molecule has 0 N–H and O–H groups in total. The molecule has 0 unspecified atom stereocenters. The van der Waals surface area contributed by atoms with Crippen LogP contribution in [0.2, 0.25) is 19.6 Å². The predicted molar refractivity (Wildman–Crippen MR) is 230 cm³/mol. The Morgan fingerprint density at radius 3 is 1.56 bits per heavy atom. The minimum atomic E-state index is -1.47. The van der Waals surface area contributed by atoms with E-state index in [2.05, 4.69) is 196 Å². The Morgan fingerprint density at radius 1 is 0.315 bits per heavy atom. The van der Waals surface area contributed by atoms with Crippen LogP contribution in [0.4, 0.5) is 0 Å². The molecule has 1 heterocycles. The van der Waals surface area contributed by atoms with Crippen LogP contribution in [0.1, 0.15) is 0 Å². The molecule has 0 saturated heterocycles. The van der Waals surface area contributed by atoms with E-state index in [1.165, 1.54) is 37.9 Å². The van der Waals surface area contributed by atoms with E-state index in [9.17, 15) is 0 Å². The van der Waals surface area contributed by atoms with Crippen molar-refractivity contribution >= 4 is 34.8 Å². The third-order valence-corrected chi connectivity index (χ3v) is 12.4. The van der Waals surface area contributed by atoms with E-state index in [4.69, 9.17) is 15.0 Å². The Hall–Kier alpha value is -6.49. The maximum atomic E-state index is 5.19. The molecule has 9 aromatic rings. The smallest absolute Gasteiger partial charge is 0.164 e. The third kappa shape index (κ3) is 6.42. The van der Waals surface area contributed by atoms with Gasteiger partial charge in [-0.1, -0.05) is 189 Å². The van der Waals surface area contributed by atoms with E-state index in [0.717, 1.165) is 38.9 Å². The van der Waals surface area contributed by atoms with Crippen molar-refractivity contribution in [3.8, 4) is 67.5 Å². The monoisotopic (exact) mass is 709 g/mol. The van der Waals surface area contributed by atoms with Crippen molar-refractivity contribution in [2.24, 2.45) is 0 Å². The molecule has 1 aromatic heterocycles. The maximum Gasteiger partial charge on any atom is 0.164 e. The van der Waals surface area contributed by atoms with Crippen LogP contribution < -0.4 is 5.19 Å². The minimum Gasteiger partial charge on any atom is -0.208 e. The summed E-state index contributed by atoms with van der Waals surface area (Å²) in [5.41, 5.74) is 9.75. The zero-order valence-corrected chi connectivity index (χ0v) is 31.7. The van der Waals surface area contributed by atoms with E-state index < -0.39 is 8.07 Å². The van der Waals surface area contributed by atoms with E-state index in [-0.39, 0.29) is 0 Å². The number of hydrogen-bond acceptors (Lipinski definition) is 3. The zero-order valence-electron chi connectivity index (χ0n) is 30.7. The van der Waals surface area contributed by atoms with Crippen molar-refractivity contribution < 1.29 is 0 Å². The molecule has 0 amide bonds. The minimum absolute atomic E-state index is 0.644. The summed E-state index contributed by atoms with van der Waals surface area (Å²) in [5.74, 6) is 1.96. The van der Waals surface area contributed by atoms with Gasteiger partial charge in [0.2, 0.25) is 0 Å². The van der Waals surface area contributed by atoms with Gasteiger partial charge in [-0.25, -0.2) is 15.0 Å². The molecule has 3 nitrogen and oxygen atoms in total. The van der Waals surface area contributed by atoms with Crippen LogP contribution in [0.25, 0.3) is 89.1 Å². The van der Waals surface area contributed by atoms with Gasteiger partial charge in [0.15, 0.2) is 17.5 Å². The largest absolute Gasteiger partial charge is 0.208 e. The van der Waals surface area contributed by atoms with Crippen molar-refractivity contribution in [2.45, 2.75) is 19.6 Å². The van der Waals surface area contributed by atoms with E-state index in [1.807, 2.05) is 6.07 Å². The molecule has 0 bridgehead atoms. The first-order valence-electron chi connectivity index (χ1n) is 18.5. The summed E-state index contributed by atoms with van der Waals surface area (Å²) in [5, 5.41) is 6.44. The lowest BCUT2D eigenvalue weighted by Gasteiger charge is -2.17. The highest BCUT2D eigenvalue weighted by Gasteiger charge is 2.19. The van der Waals surface area contributed by atoms with E-state index in [1.54, 1.807) is 0 Å². The fraction of sp³-hybridized carbons (Fsp3) is 0.0600. The van der Waals surface area contributed by atoms with Gasteiger partial charge in [0, 0.05) is 16.7 Å². The molecule has 0 atom stereocenters. The van der Waals surface area contributed by atoms with Gasteiger partial charge in [-0.05, 0) is 73.1 Å². The molecule has 0 aliphatic carbocycles. The zero-order chi connectivity index (χ0) is 36.6. The summed E-state index contributed by atoms with van der Waals surface area (Å²) in [7, 11) is -1.47. The number of benzene rings is 8. The summed E-state index contributed by atoms with van der Waals surface area (Å²) >= 11 is 0. The first-order chi connectivity index (χ1) is 26.4. The second kappa shape index (κ2) is 13.8. The Bertz CT molecular complexity index is 2800. The number of aromatic nitrogens is 3. The summed E-state index contributed by atoms with van der Waals surface area (Å²) in [6.45, 7) is 7.11. The number of nitrogens with zero attached hydrogens (tertiary/aromatic N) is 3. The second-order valence-electron chi connectivity index (χ2n) is 14.9. The van der Waals surface area contributed by atoms with Gasteiger partial charge in [-0.2, -0.15) is 0 Å². The van der Waals surface area contributed by atoms with E-state index in [0.29, 0.717) is 17.5 Å². The summed E-state index contributed by atoms with van der Waals surface area (Å²) in [4.78, 5) is 15.5. The highest BCUT2D eigenvalue weighted by Crippen LogP contribution is 2.37. The fourth-order valence-electron chi connectivity index (χ4n) is 7.42. The highest BCUT2D eigenvalue weighted by molar-refractivity contribution is 6.88. The van der Waals surface area contributed by atoms with Crippen molar-refractivity contribution in [2.75, 3.05) is 0 Å². The normalized spacial score (nSPS) is 11.6. The Labute approximate surface area is 317 Å². The summed E-state index contributed by atoms with van der Waals surface area (Å²) < 4.78 is 0. The summed E-state index contributed by atoms with van der Waals surface area (Å²) in [6.07, 6.45) is 0. The fourth-order valence-corrected chi connectivity index (χ4v) is 8.59. The van der Waals surface area contributed by atoms with Crippen LogP contribution >= 0.6 is 0 Å². The SMILES string of the molecule is C[Si](C)(C)c1ccc(-c2nc(-c3cccc(-c4cccc(-c5cc6ccccc6c6ccccc56)c4)c3)nc(-c3ccccc3-c3ccccc3)n2)cc1. The first kappa shape index (κ1) is 33.4. The Kier molecular flexibility index (Phi) is 8.53. The molecule has 258 valence electrons. The van der Waals surface area contributed by atoms with Crippen molar-refractivity contribution in [1.29, 1.82) is 0 Å². The molecule has 0 aliphatic heterocycles. The average molecular weight is 710 g/mol. The van der Waals surface area contributed by atoms with Crippen LogP contribution in [0.5, 0.6) is 0 Å². The van der Waals surface area contributed by atoms with Gasteiger partial charge in [0.25, 0.3) is 0 Å². The lowest BCUT2D eigenvalue weighted by Crippen LogP contribution is -2.37. The standard InChI is InChI=1S/C50H39N3Si/c1-54(2,3)41-29-27-35(28-30-41)48-51-49(53-50(52-48)46-26-12-9-22-42(46)34-15-5-4-6-16-34)40-21-14-19-37(32-40)36-18-13-20-38(31-36)47-33-39-17-7-8-23-43(39)44-24-10-11-25-45(44)47/h4-33H,1-3H3. The van der Waals surface area contributed by atoms with Gasteiger partial charge >= 0.3 is 0 Å². The van der Waals surface area contributed by atoms with E-state index >= 15 is 0 Å². The molecular weight excluding hydrogens is 671 g/mol. The third-order valence-electron chi connectivity index (χ3n) is 10.3. The molecule has 0 spiro atoms. The van der Waals surface area contributed by atoms with Gasteiger partial charge < -0.3 is 0 Å². The van der Waals surface area contributed by atoms with Gasteiger partial charge in [0.1, 0.15) is 0 Å². The lowest BCUT2D eigenvalue weighted by molar-refractivity contribution is 1.07. The quantitative estimate of drug-likeness (QED) is 0.122. The summed E-state index contributed by atoms with van der Waals surface area (Å²) in [6, 6.07) is 64.8. The first-order valence-corrected chi connectivity index (χ1v) is 22.0. The van der Waals surface area contributed by atoms with Crippen LogP contribution in [0.3, 0.4) is 0 Å². The average Bonchev–Trinajstić information content (AvgIpc) is 3.23. The number of rotatable bonds is 7. The molecule has 0 radical (unpaired) electrons. The topological polar surface area (TPSA) is 38.7 Å².